The van der Waals surface area contributed by atoms with Gasteiger partial charge in [-0.15, -0.1) is 0 Å². The Bertz CT molecular complexity index is 354. The number of aliphatic hydroxyl groups is 1. The Balaban J connectivity index is 2.11. The molecule has 0 saturated heterocycles. The standard InChI is InChI=1S/C15H22O2/c1-17-14-7-5-6-13(10-14)11-15(12-16)8-3-2-4-9-15/h5-7,10,16H,2-4,8-9,11-12H2,1H3. The third kappa shape index (κ3) is 3.01. The maximum Gasteiger partial charge on any atom is 0.119 e. The summed E-state index contributed by atoms with van der Waals surface area (Å²) in [5.41, 5.74) is 1.39. The van der Waals surface area contributed by atoms with E-state index in [1.165, 1.54) is 24.8 Å². The number of ether oxygens (including phenoxy) is 1. The number of aliphatic hydroxyl groups excluding tert-OH is 1. The first-order chi connectivity index (χ1) is 8.28. The summed E-state index contributed by atoms with van der Waals surface area (Å²) in [6.07, 6.45) is 7.11. The molecule has 1 aliphatic carbocycles. The van der Waals surface area contributed by atoms with Crippen molar-refractivity contribution in [1.29, 1.82) is 0 Å². The van der Waals surface area contributed by atoms with Crippen LogP contribution >= 0.6 is 0 Å². The van der Waals surface area contributed by atoms with Crippen molar-refractivity contribution in [1.82, 2.24) is 0 Å². The highest BCUT2D eigenvalue weighted by molar-refractivity contribution is 5.29. The van der Waals surface area contributed by atoms with Gasteiger partial charge in [0, 0.05) is 6.61 Å². The molecule has 1 aromatic rings. The van der Waals surface area contributed by atoms with Gasteiger partial charge >= 0.3 is 0 Å². The number of benzene rings is 1. The van der Waals surface area contributed by atoms with Crippen molar-refractivity contribution in [2.45, 2.75) is 38.5 Å². The molecule has 17 heavy (non-hydrogen) atoms. The van der Waals surface area contributed by atoms with Crippen LogP contribution in [0.15, 0.2) is 24.3 Å². The Morgan fingerprint density at radius 3 is 2.65 bits per heavy atom. The molecule has 1 N–H and O–H groups in total. The molecule has 2 rings (SSSR count). The zero-order valence-electron chi connectivity index (χ0n) is 10.6. The maximum absolute atomic E-state index is 9.70. The second kappa shape index (κ2) is 5.54. The zero-order chi connectivity index (χ0) is 12.1. The van der Waals surface area contributed by atoms with Crippen LogP contribution in [0.4, 0.5) is 0 Å². The Kier molecular flexibility index (Phi) is 4.06. The minimum absolute atomic E-state index is 0.116. The van der Waals surface area contributed by atoms with E-state index in [1.54, 1.807) is 7.11 Å². The minimum Gasteiger partial charge on any atom is -0.497 e. The first-order valence-electron chi connectivity index (χ1n) is 6.52. The fourth-order valence-corrected chi connectivity index (χ4v) is 2.91. The second-order valence-corrected chi connectivity index (χ2v) is 5.25. The summed E-state index contributed by atoms with van der Waals surface area (Å²) < 4.78 is 5.25. The molecule has 0 atom stereocenters. The van der Waals surface area contributed by atoms with Crippen molar-refractivity contribution in [3.63, 3.8) is 0 Å². The van der Waals surface area contributed by atoms with Crippen molar-refractivity contribution in [2.75, 3.05) is 13.7 Å². The lowest BCUT2D eigenvalue weighted by molar-refractivity contribution is 0.0823. The van der Waals surface area contributed by atoms with Gasteiger partial charge in [0.05, 0.1) is 7.11 Å². The third-order valence-corrected chi connectivity index (χ3v) is 3.96. The van der Waals surface area contributed by atoms with Gasteiger partial charge in [0.15, 0.2) is 0 Å². The van der Waals surface area contributed by atoms with Gasteiger partial charge in [-0.1, -0.05) is 31.4 Å². The highest BCUT2D eigenvalue weighted by atomic mass is 16.5. The van der Waals surface area contributed by atoms with Crippen molar-refractivity contribution < 1.29 is 9.84 Å². The van der Waals surface area contributed by atoms with E-state index in [4.69, 9.17) is 4.74 Å². The van der Waals surface area contributed by atoms with Crippen LogP contribution in [-0.4, -0.2) is 18.8 Å². The fraction of sp³-hybridized carbons (Fsp3) is 0.600. The van der Waals surface area contributed by atoms with Crippen molar-refractivity contribution in [3.8, 4) is 5.75 Å². The summed E-state index contributed by atoms with van der Waals surface area (Å²) in [6, 6.07) is 8.22. The summed E-state index contributed by atoms with van der Waals surface area (Å²) in [5, 5.41) is 9.70. The number of rotatable bonds is 4. The Hall–Kier alpha value is -1.02. The summed E-state index contributed by atoms with van der Waals surface area (Å²) in [5.74, 6) is 0.909. The van der Waals surface area contributed by atoms with Crippen LogP contribution in [0.2, 0.25) is 0 Å². The Labute approximate surface area is 104 Å². The maximum atomic E-state index is 9.70. The van der Waals surface area contributed by atoms with E-state index in [0.717, 1.165) is 25.0 Å². The quantitative estimate of drug-likeness (QED) is 0.867. The first-order valence-corrected chi connectivity index (χ1v) is 6.52. The third-order valence-electron chi connectivity index (χ3n) is 3.96. The molecule has 1 aliphatic rings. The van der Waals surface area contributed by atoms with E-state index >= 15 is 0 Å². The smallest absolute Gasteiger partial charge is 0.119 e. The fourth-order valence-electron chi connectivity index (χ4n) is 2.91. The number of methoxy groups -OCH3 is 1. The summed E-state index contributed by atoms with van der Waals surface area (Å²) >= 11 is 0. The van der Waals surface area contributed by atoms with Crippen molar-refractivity contribution >= 4 is 0 Å². The summed E-state index contributed by atoms with van der Waals surface area (Å²) in [4.78, 5) is 0. The lowest BCUT2D eigenvalue weighted by Crippen LogP contribution is -2.30. The van der Waals surface area contributed by atoms with Gasteiger partial charge in [0.25, 0.3) is 0 Å². The van der Waals surface area contributed by atoms with Crippen LogP contribution in [0.25, 0.3) is 0 Å². The summed E-state index contributed by atoms with van der Waals surface area (Å²) in [7, 11) is 1.70. The van der Waals surface area contributed by atoms with E-state index in [0.29, 0.717) is 6.61 Å². The monoisotopic (exact) mass is 234 g/mol. The van der Waals surface area contributed by atoms with Gasteiger partial charge in [0.2, 0.25) is 0 Å². The summed E-state index contributed by atoms with van der Waals surface area (Å²) in [6.45, 7) is 0.310. The van der Waals surface area contributed by atoms with Crippen LogP contribution in [0.5, 0.6) is 5.75 Å². The molecule has 0 bridgehead atoms. The SMILES string of the molecule is COc1cccc(CC2(CO)CCCCC2)c1. The molecule has 0 aliphatic heterocycles. The topological polar surface area (TPSA) is 29.5 Å². The molecule has 1 saturated carbocycles. The molecule has 2 nitrogen and oxygen atoms in total. The molecule has 0 heterocycles. The average Bonchev–Trinajstić information content (AvgIpc) is 2.40. The van der Waals surface area contributed by atoms with Crippen LogP contribution in [0, 0.1) is 5.41 Å². The Morgan fingerprint density at radius 1 is 1.24 bits per heavy atom. The second-order valence-electron chi connectivity index (χ2n) is 5.25. The molecule has 1 fully saturated rings. The van der Waals surface area contributed by atoms with Crippen LogP contribution in [-0.2, 0) is 6.42 Å². The van der Waals surface area contributed by atoms with Crippen LogP contribution < -0.4 is 4.74 Å². The number of hydrogen-bond acceptors (Lipinski definition) is 2. The molecule has 0 aromatic heterocycles. The molecule has 1 aromatic carbocycles. The lowest BCUT2D eigenvalue weighted by atomic mass is 9.71. The van der Waals surface area contributed by atoms with E-state index in [1.807, 2.05) is 12.1 Å². The largest absolute Gasteiger partial charge is 0.497 e. The predicted molar refractivity (Wildman–Crippen MR) is 69.3 cm³/mol. The van der Waals surface area contributed by atoms with Gasteiger partial charge in [0.1, 0.15) is 5.75 Å². The Morgan fingerprint density at radius 2 is 2.00 bits per heavy atom. The van der Waals surface area contributed by atoms with E-state index in [9.17, 15) is 5.11 Å². The van der Waals surface area contributed by atoms with E-state index in [2.05, 4.69) is 12.1 Å². The minimum atomic E-state index is 0.116. The predicted octanol–water partition coefficient (Wildman–Crippen LogP) is 3.18. The van der Waals surface area contributed by atoms with Gasteiger partial charge in [-0.25, -0.2) is 0 Å². The molecular weight excluding hydrogens is 212 g/mol. The normalized spacial score (nSPS) is 18.9. The first kappa shape index (κ1) is 12.4. The van der Waals surface area contributed by atoms with Gasteiger partial charge in [-0.3, -0.25) is 0 Å². The number of hydrogen-bond donors (Lipinski definition) is 1. The average molecular weight is 234 g/mol. The van der Waals surface area contributed by atoms with Crippen LogP contribution in [0.1, 0.15) is 37.7 Å². The van der Waals surface area contributed by atoms with Gasteiger partial charge < -0.3 is 9.84 Å². The molecule has 2 heteroatoms. The van der Waals surface area contributed by atoms with Crippen molar-refractivity contribution in [2.24, 2.45) is 5.41 Å². The lowest BCUT2D eigenvalue weighted by Gasteiger charge is -2.35. The van der Waals surface area contributed by atoms with Crippen LogP contribution in [0.3, 0.4) is 0 Å². The molecule has 0 amide bonds. The highest BCUT2D eigenvalue weighted by Crippen LogP contribution is 2.39. The van der Waals surface area contributed by atoms with E-state index < -0.39 is 0 Å². The zero-order valence-corrected chi connectivity index (χ0v) is 10.6. The van der Waals surface area contributed by atoms with Gasteiger partial charge in [-0.05, 0) is 42.4 Å². The van der Waals surface area contributed by atoms with Crippen molar-refractivity contribution in [3.05, 3.63) is 29.8 Å². The molecular formula is C15H22O2. The van der Waals surface area contributed by atoms with E-state index in [-0.39, 0.29) is 5.41 Å². The molecule has 94 valence electrons. The molecule has 0 spiro atoms. The molecule has 0 radical (unpaired) electrons. The van der Waals surface area contributed by atoms with Gasteiger partial charge in [-0.2, -0.15) is 0 Å². The molecule has 0 unspecified atom stereocenters. The highest BCUT2D eigenvalue weighted by Gasteiger charge is 2.31.